The zero-order valence-electron chi connectivity index (χ0n) is 19.3. The van der Waals surface area contributed by atoms with E-state index >= 15 is 0 Å². The van der Waals surface area contributed by atoms with Crippen LogP contribution in [0, 0.1) is 0 Å². The van der Waals surface area contributed by atoms with Gasteiger partial charge in [0.15, 0.2) is 5.79 Å². The van der Waals surface area contributed by atoms with E-state index in [-0.39, 0.29) is 11.9 Å². The molecule has 0 radical (unpaired) electrons. The van der Waals surface area contributed by atoms with E-state index in [1.54, 1.807) is 0 Å². The number of rotatable bonds is 17. The molecule has 0 aromatic heterocycles. The van der Waals surface area contributed by atoms with Crippen LogP contribution in [0.15, 0.2) is 24.3 Å². The average Bonchev–Trinajstić information content (AvgIpc) is 3.08. The fraction of sp³-hybridized carbons (Fsp3) is 0.840. The van der Waals surface area contributed by atoms with Crippen molar-refractivity contribution < 1.29 is 9.47 Å². The van der Waals surface area contributed by atoms with E-state index in [2.05, 4.69) is 57.1 Å². The van der Waals surface area contributed by atoms with E-state index < -0.39 is 0 Å². The Morgan fingerprint density at radius 2 is 1.39 bits per heavy atom. The molecule has 1 heterocycles. The quantitative estimate of drug-likeness (QED) is 0.198. The average molecular weight is 394 g/mol. The number of hydrogen-bond donors (Lipinski definition) is 0. The maximum Gasteiger partial charge on any atom is 0.168 e. The molecule has 1 unspecified atom stereocenters. The lowest BCUT2D eigenvalue weighted by Gasteiger charge is -2.28. The molecule has 28 heavy (non-hydrogen) atoms. The van der Waals surface area contributed by atoms with E-state index in [4.69, 9.17) is 9.47 Å². The van der Waals surface area contributed by atoms with Crippen molar-refractivity contribution in [3.8, 4) is 0 Å². The third kappa shape index (κ3) is 12.0. The van der Waals surface area contributed by atoms with Gasteiger partial charge in [0.2, 0.25) is 0 Å². The van der Waals surface area contributed by atoms with Crippen LogP contribution in [0.2, 0.25) is 0 Å². The molecule has 1 aliphatic heterocycles. The van der Waals surface area contributed by atoms with E-state index in [0.29, 0.717) is 0 Å². The molecule has 0 spiro atoms. The van der Waals surface area contributed by atoms with Gasteiger partial charge in [-0.25, -0.2) is 0 Å². The third-order valence-electron chi connectivity index (χ3n) is 5.47. The van der Waals surface area contributed by atoms with Gasteiger partial charge in [0.25, 0.3) is 0 Å². The van der Waals surface area contributed by atoms with Gasteiger partial charge in [-0.2, -0.15) is 0 Å². The van der Waals surface area contributed by atoms with Crippen molar-refractivity contribution in [3.63, 3.8) is 0 Å². The van der Waals surface area contributed by atoms with Crippen molar-refractivity contribution in [3.05, 3.63) is 24.3 Å². The molecule has 0 N–H and O–H groups in total. The van der Waals surface area contributed by atoms with Crippen molar-refractivity contribution in [2.75, 3.05) is 27.2 Å². The predicted octanol–water partition coefficient (Wildman–Crippen LogP) is 6.88. The van der Waals surface area contributed by atoms with Crippen molar-refractivity contribution in [1.29, 1.82) is 0 Å². The van der Waals surface area contributed by atoms with Crippen LogP contribution in [0.5, 0.6) is 0 Å². The smallest absolute Gasteiger partial charge is 0.168 e. The highest BCUT2D eigenvalue weighted by atomic mass is 16.7. The highest BCUT2D eigenvalue weighted by Gasteiger charge is 2.40. The van der Waals surface area contributed by atoms with E-state index in [1.165, 1.54) is 51.4 Å². The highest BCUT2D eigenvalue weighted by molar-refractivity contribution is 4.83. The lowest BCUT2D eigenvalue weighted by atomic mass is 9.99. The Morgan fingerprint density at radius 1 is 0.821 bits per heavy atom. The van der Waals surface area contributed by atoms with Gasteiger partial charge >= 0.3 is 0 Å². The minimum absolute atomic E-state index is 0.266. The van der Waals surface area contributed by atoms with Gasteiger partial charge in [-0.3, -0.25) is 0 Å². The van der Waals surface area contributed by atoms with Crippen LogP contribution in [0.3, 0.4) is 0 Å². The van der Waals surface area contributed by atoms with Crippen molar-refractivity contribution in [1.82, 2.24) is 4.90 Å². The monoisotopic (exact) mass is 393 g/mol. The number of hydrogen-bond acceptors (Lipinski definition) is 3. The SMILES string of the molecule is CC/C=C\CCCCCC1(CCCCC/C=C\CC)OCC(CCN(C)C)O1. The molecule has 3 nitrogen and oxygen atoms in total. The normalized spacial score (nSPS) is 19.5. The molecule has 0 bridgehead atoms. The molecule has 0 amide bonds. The number of ether oxygens (including phenoxy) is 2. The topological polar surface area (TPSA) is 21.7 Å². The number of unbranched alkanes of at least 4 members (excludes halogenated alkanes) is 6. The van der Waals surface area contributed by atoms with Gasteiger partial charge in [0.1, 0.15) is 0 Å². The summed E-state index contributed by atoms with van der Waals surface area (Å²) in [5.74, 6) is -0.310. The van der Waals surface area contributed by atoms with Gasteiger partial charge in [0.05, 0.1) is 12.7 Å². The molecule has 0 aliphatic carbocycles. The Hall–Kier alpha value is -0.640. The van der Waals surface area contributed by atoms with Crippen molar-refractivity contribution in [2.24, 2.45) is 0 Å². The molecule has 0 aromatic carbocycles. The van der Waals surface area contributed by atoms with Crippen LogP contribution in [0.4, 0.5) is 0 Å². The van der Waals surface area contributed by atoms with Crippen molar-refractivity contribution in [2.45, 2.75) is 109 Å². The number of allylic oxidation sites excluding steroid dienone is 4. The van der Waals surface area contributed by atoms with E-state index in [9.17, 15) is 0 Å². The van der Waals surface area contributed by atoms with Crippen LogP contribution in [0.1, 0.15) is 97.3 Å². The molecular weight excluding hydrogens is 346 g/mol. The summed E-state index contributed by atoms with van der Waals surface area (Å²) in [7, 11) is 4.26. The summed E-state index contributed by atoms with van der Waals surface area (Å²) in [5.41, 5.74) is 0. The summed E-state index contributed by atoms with van der Waals surface area (Å²) >= 11 is 0. The first kappa shape index (κ1) is 25.4. The van der Waals surface area contributed by atoms with E-state index in [0.717, 1.165) is 45.3 Å². The summed E-state index contributed by atoms with van der Waals surface area (Å²) in [6, 6.07) is 0. The Labute approximate surface area is 175 Å². The van der Waals surface area contributed by atoms with Crippen LogP contribution < -0.4 is 0 Å². The minimum Gasteiger partial charge on any atom is -0.347 e. The fourth-order valence-corrected chi connectivity index (χ4v) is 3.78. The Bertz CT molecular complexity index is 393. The molecule has 1 saturated heterocycles. The maximum atomic E-state index is 6.51. The lowest BCUT2D eigenvalue weighted by molar-refractivity contribution is -0.180. The largest absolute Gasteiger partial charge is 0.347 e. The first-order valence-electron chi connectivity index (χ1n) is 11.9. The molecule has 1 fully saturated rings. The van der Waals surface area contributed by atoms with Gasteiger partial charge in [-0.1, -0.05) is 51.0 Å². The summed E-state index contributed by atoms with van der Waals surface area (Å²) in [6.07, 6.45) is 24.9. The van der Waals surface area contributed by atoms with Crippen LogP contribution in [0.25, 0.3) is 0 Å². The van der Waals surface area contributed by atoms with Crippen LogP contribution in [-0.4, -0.2) is 44.0 Å². The summed E-state index contributed by atoms with van der Waals surface area (Å²) in [5, 5.41) is 0. The first-order chi connectivity index (χ1) is 13.6. The summed E-state index contributed by atoms with van der Waals surface area (Å²) < 4.78 is 12.8. The summed E-state index contributed by atoms with van der Waals surface area (Å²) in [4.78, 5) is 2.23. The van der Waals surface area contributed by atoms with Crippen LogP contribution >= 0.6 is 0 Å². The molecule has 1 aliphatic rings. The molecule has 1 rings (SSSR count). The maximum absolute atomic E-state index is 6.51. The molecule has 0 aromatic rings. The zero-order valence-corrected chi connectivity index (χ0v) is 19.3. The predicted molar refractivity (Wildman–Crippen MR) is 122 cm³/mol. The second kappa shape index (κ2) is 16.2. The van der Waals surface area contributed by atoms with Gasteiger partial charge in [-0.05, 0) is 71.9 Å². The van der Waals surface area contributed by atoms with Crippen LogP contribution in [-0.2, 0) is 9.47 Å². The Morgan fingerprint density at radius 3 is 1.89 bits per heavy atom. The first-order valence-corrected chi connectivity index (χ1v) is 11.9. The van der Waals surface area contributed by atoms with Gasteiger partial charge < -0.3 is 14.4 Å². The zero-order chi connectivity index (χ0) is 20.5. The minimum atomic E-state index is -0.310. The molecule has 1 atom stereocenters. The number of nitrogens with zero attached hydrogens (tertiary/aromatic N) is 1. The Balaban J connectivity index is 2.37. The summed E-state index contributed by atoms with van der Waals surface area (Å²) in [6.45, 7) is 6.23. The standard InChI is InChI=1S/C25H47NO2/c1-5-7-9-11-13-15-17-20-25(21-18-16-14-12-10-8-6-2)27-23-24(28-25)19-22-26(3)4/h7-10,24H,5-6,11-23H2,1-4H3/b9-7-,10-8-. The lowest BCUT2D eigenvalue weighted by Crippen LogP contribution is -2.31. The van der Waals surface area contributed by atoms with E-state index in [1.807, 2.05) is 0 Å². The third-order valence-corrected chi connectivity index (χ3v) is 5.47. The van der Waals surface area contributed by atoms with Crippen molar-refractivity contribution >= 4 is 0 Å². The Kier molecular flexibility index (Phi) is 14.7. The second-order valence-electron chi connectivity index (χ2n) is 8.51. The molecule has 0 saturated carbocycles. The molecular formula is C25H47NO2. The van der Waals surface area contributed by atoms with Gasteiger partial charge in [-0.15, -0.1) is 0 Å². The highest BCUT2D eigenvalue weighted by Crippen LogP contribution is 2.35. The molecule has 164 valence electrons. The molecule has 3 heteroatoms. The fourth-order valence-electron chi connectivity index (χ4n) is 3.78. The van der Waals surface area contributed by atoms with Gasteiger partial charge in [0, 0.05) is 19.4 Å². The second-order valence-corrected chi connectivity index (χ2v) is 8.51.